The average Bonchev–Trinajstić information content (AvgIpc) is 3.09. The molecule has 0 aliphatic carbocycles. The van der Waals surface area contributed by atoms with Crippen LogP contribution in [0.4, 0.5) is 0 Å². The molecule has 4 rings (SSSR count). The molecule has 1 aromatic heterocycles. The fraction of sp³-hybridized carbons (Fsp3) is 0.476. The van der Waals surface area contributed by atoms with Crippen molar-refractivity contribution in [1.29, 1.82) is 0 Å². The smallest absolute Gasteiger partial charge is 0.245 e. The van der Waals surface area contributed by atoms with Crippen LogP contribution in [0.25, 0.3) is 10.9 Å². The van der Waals surface area contributed by atoms with Crippen LogP contribution in [0.2, 0.25) is 0 Å². The molecule has 0 saturated carbocycles. The molecule has 1 aromatic carbocycles. The molecule has 3 heterocycles. The highest BCUT2D eigenvalue weighted by molar-refractivity contribution is 5.97. The van der Waals surface area contributed by atoms with E-state index >= 15 is 0 Å². The lowest BCUT2D eigenvalue weighted by molar-refractivity contribution is -0.147. The maximum Gasteiger partial charge on any atom is 0.245 e. The third-order valence-corrected chi connectivity index (χ3v) is 5.47. The maximum absolute atomic E-state index is 12.7. The summed E-state index contributed by atoms with van der Waals surface area (Å²) in [5, 5.41) is 7.56. The Kier molecular flexibility index (Phi) is 4.83. The van der Waals surface area contributed by atoms with Crippen LogP contribution in [0.1, 0.15) is 32.3 Å². The maximum atomic E-state index is 12.7. The molecule has 3 atom stereocenters. The van der Waals surface area contributed by atoms with E-state index in [1.165, 1.54) is 5.56 Å². The molecule has 142 valence electrons. The quantitative estimate of drug-likeness (QED) is 0.847. The highest BCUT2D eigenvalue weighted by Crippen LogP contribution is 2.25. The number of pyridine rings is 1. The van der Waals surface area contributed by atoms with E-state index in [2.05, 4.69) is 47.7 Å². The molecule has 2 saturated heterocycles. The summed E-state index contributed by atoms with van der Waals surface area (Å²) in [4.78, 5) is 31.3. The number of nitrogens with one attached hydrogen (secondary N) is 2. The lowest BCUT2D eigenvalue weighted by Gasteiger charge is -2.35. The highest BCUT2D eigenvalue weighted by atomic mass is 16.2. The largest absolute Gasteiger partial charge is 0.342 e. The fourth-order valence-electron chi connectivity index (χ4n) is 4.13. The molecular formula is C21H26N4O2. The molecule has 2 N–H and O–H groups in total. The van der Waals surface area contributed by atoms with Gasteiger partial charge in [0.1, 0.15) is 12.1 Å². The zero-order valence-corrected chi connectivity index (χ0v) is 15.8. The number of fused-ring (bicyclic) bond motifs is 2. The van der Waals surface area contributed by atoms with Crippen LogP contribution < -0.4 is 10.6 Å². The fourth-order valence-corrected chi connectivity index (χ4v) is 4.13. The Bertz CT molecular complexity index is 866. The lowest BCUT2D eigenvalue weighted by atomic mass is 9.99. The summed E-state index contributed by atoms with van der Waals surface area (Å²) in [5.41, 5.74) is 2.16. The van der Waals surface area contributed by atoms with Gasteiger partial charge < -0.3 is 15.5 Å². The van der Waals surface area contributed by atoms with E-state index < -0.39 is 0 Å². The zero-order chi connectivity index (χ0) is 19.0. The third-order valence-electron chi connectivity index (χ3n) is 5.47. The van der Waals surface area contributed by atoms with Crippen molar-refractivity contribution in [1.82, 2.24) is 20.5 Å². The van der Waals surface area contributed by atoms with Crippen LogP contribution in [0.3, 0.4) is 0 Å². The molecule has 2 amide bonds. The summed E-state index contributed by atoms with van der Waals surface area (Å²) in [6, 6.07) is 9.64. The first kappa shape index (κ1) is 17.9. The third kappa shape index (κ3) is 3.67. The van der Waals surface area contributed by atoms with Gasteiger partial charge in [-0.15, -0.1) is 0 Å². The number of benzene rings is 1. The number of rotatable bonds is 5. The summed E-state index contributed by atoms with van der Waals surface area (Å²) in [6.45, 7) is 5.44. The minimum atomic E-state index is -0.375. The molecule has 2 fully saturated rings. The van der Waals surface area contributed by atoms with Crippen LogP contribution in [0.15, 0.2) is 36.5 Å². The van der Waals surface area contributed by atoms with Gasteiger partial charge in [-0.05, 0) is 42.5 Å². The van der Waals surface area contributed by atoms with E-state index in [1.54, 1.807) is 11.1 Å². The number of nitrogens with zero attached hydrogens (tertiary/aromatic N) is 2. The Labute approximate surface area is 159 Å². The lowest BCUT2D eigenvalue weighted by Crippen LogP contribution is -2.61. The molecule has 2 aromatic rings. The van der Waals surface area contributed by atoms with E-state index in [0.29, 0.717) is 31.8 Å². The van der Waals surface area contributed by atoms with Crippen molar-refractivity contribution in [2.24, 2.45) is 5.92 Å². The van der Waals surface area contributed by atoms with Crippen molar-refractivity contribution in [3.05, 3.63) is 42.1 Å². The van der Waals surface area contributed by atoms with Crippen LogP contribution in [-0.4, -0.2) is 46.4 Å². The minimum Gasteiger partial charge on any atom is -0.342 e. The van der Waals surface area contributed by atoms with E-state index in [0.717, 1.165) is 10.9 Å². The van der Waals surface area contributed by atoms with Crippen molar-refractivity contribution in [2.45, 2.75) is 51.4 Å². The van der Waals surface area contributed by atoms with E-state index in [9.17, 15) is 9.59 Å². The predicted octanol–water partition coefficient (Wildman–Crippen LogP) is 1.84. The van der Waals surface area contributed by atoms with Crippen LogP contribution in [0, 0.1) is 5.92 Å². The van der Waals surface area contributed by atoms with Gasteiger partial charge in [0.25, 0.3) is 0 Å². The summed E-state index contributed by atoms with van der Waals surface area (Å²) < 4.78 is 0. The summed E-state index contributed by atoms with van der Waals surface area (Å²) >= 11 is 0. The number of hydrogen-bond acceptors (Lipinski definition) is 4. The summed E-state index contributed by atoms with van der Waals surface area (Å²) in [6.07, 6.45) is 3.15. The van der Waals surface area contributed by atoms with Gasteiger partial charge in [0.05, 0.1) is 5.52 Å². The molecule has 27 heavy (non-hydrogen) atoms. The van der Waals surface area contributed by atoms with Crippen LogP contribution in [0.5, 0.6) is 0 Å². The van der Waals surface area contributed by atoms with Gasteiger partial charge in [-0.3, -0.25) is 14.6 Å². The van der Waals surface area contributed by atoms with Gasteiger partial charge in [-0.25, -0.2) is 0 Å². The molecule has 6 heteroatoms. The standard InChI is InChI=1S/C21H26N4O2/c1-13(2)8-18-21(27)25-12-16(10-19(25)20(26)24-18)23-11-14-5-6-17-15(9-14)4-3-7-22-17/h3-7,9,13,16,18-19,23H,8,10-12H2,1-2H3,(H,24,26)/t16-,18+,19-/m0/s1. The number of piperazine rings is 1. The molecule has 0 unspecified atom stereocenters. The Morgan fingerprint density at radius 1 is 1.30 bits per heavy atom. The second-order valence-corrected chi connectivity index (χ2v) is 8.04. The summed E-state index contributed by atoms with van der Waals surface area (Å²) in [7, 11) is 0. The predicted molar refractivity (Wildman–Crippen MR) is 104 cm³/mol. The van der Waals surface area contributed by atoms with Crippen molar-refractivity contribution in [3.63, 3.8) is 0 Å². The molecule has 2 aliphatic rings. The Hall–Kier alpha value is -2.47. The second-order valence-electron chi connectivity index (χ2n) is 8.04. The number of carbonyl (C=O) groups excluding carboxylic acids is 2. The SMILES string of the molecule is CC(C)C[C@H]1NC(=O)[C@@H]2C[C@H](NCc3ccc4ncccc4c3)CN2C1=O. The van der Waals surface area contributed by atoms with E-state index in [-0.39, 0.29) is 29.9 Å². The number of aromatic nitrogens is 1. The molecule has 0 spiro atoms. The summed E-state index contributed by atoms with van der Waals surface area (Å²) in [5.74, 6) is 0.422. The second kappa shape index (κ2) is 7.27. The first-order valence-corrected chi connectivity index (χ1v) is 9.69. The van der Waals surface area contributed by atoms with E-state index in [1.807, 2.05) is 12.1 Å². The number of carbonyl (C=O) groups is 2. The first-order valence-electron chi connectivity index (χ1n) is 9.69. The van der Waals surface area contributed by atoms with Gasteiger partial charge in [-0.2, -0.15) is 0 Å². The van der Waals surface area contributed by atoms with Crippen molar-refractivity contribution in [3.8, 4) is 0 Å². The zero-order valence-electron chi connectivity index (χ0n) is 15.8. The van der Waals surface area contributed by atoms with Gasteiger partial charge in [0.2, 0.25) is 11.8 Å². The van der Waals surface area contributed by atoms with Gasteiger partial charge in [-0.1, -0.05) is 26.0 Å². The molecule has 0 bridgehead atoms. The topological polar surface area (TPSA) is 74.3 Å². The van der Waals surface area contributed by atoms with Crippen LogP contribution >= 0.6 is 0 Å². The minimum absolute atomic E-state index is 0.0127. The van der Waals surface area contributed by atoms with Crippen molar-refractivity contribution < 1.29 is 9.59 Å². The molecular weight excluding hydrogens is 340 g/mol. The van der Waals surface area contributed by atoms with E-state index in [4.69, 9.17) is 0 Å². The normalized spacial score (nSPS) is 25.1. The van der Waals surface area contributed by atoms with Crippen LogP contribution in [-0.2, 0) is 16.1 Å². The Morgan fingerprint density at radius 2 is 2.15 bits per heavy atom. The van der Waals surface area contributed by atoms with Gasteiger partial charge >= 0.3 is 0 Å². The monoisotopic (exact) mass is 366 g/mol. The number of hydrogen-bond donors (Lipinski definition) is 2. The van der Waals surface area contributed by atoms with Gasteiger partial charge in [0, 0.05) is 30.7 Å². The molecule has 0 radical (unpaired) electrons. The average molecular weight is 366 g/mol. The number of amides is 2. The Morgan fingerprint density at radius 3 is 2.96 bits per heavy atom. The molecule has 2 aliphatic heterocycles. The van der Waals surface area contributed by atoms with Crippen molar-refractivity contribution in [2.75, 3.05) is 6.54 Å². The highest BCUT2D eigenvalue weighted by Gasteiger charge is 2.46. The first-order chi connectivity index (χ1) is 13.0. The molecule has 6 nitrogen and oxygen atoms in total. The van der Waals surface area contributed by atoms with Crippen molar-refractivity contribution >= 4 is 22.7 Å². The van der Waals surface area contributed by atoms with Gasteiger partial charge in [0.15, 0.2) is 0 Å². The Balaban J connectivity index is 1.40.